The first-order valence-electron chi connectivity index (χ1n) is 18.3. The van der Waals surface area contributed by atoms with Gasteiger partial charge in [-0.05, 0) is 100 Å². The molecule has 0 amide bonds. The van der Waals surface area contributed by atoms with E-state index in [9.17, 15) is 0 Å². The minimum Gasteiger partial charge on any atom is -0.455 e. The summed E-state index contributed by atoms with van der Waals surface area (Å²) in [4.78, 5) is 0. The standard InChI is InChI=1S/C52H32O/c1-2-14-37-32-38(29-24-33(37)12-1)40-16-6-5-15-39(40)35-25-27-36(28-26-35)49-42-18-7-9-20-44(42)50(45-21-10-8-19-43(45)49)46-22-11-23-48-51(46)47-31-30-34-13-3-4-17-41(34)52(47)53-48/h1-32H. The molecular weight excluding hydrogens is 641 g/mol. The zero-order valence-electron chi connectivity index (χ0n) is 28.9. The van der Waals surface area contributed by atoms with Gasteiger partial charge in [0.2, 0.25) is 0 Å². The molecule has 0 aliphatic rings. The third kappa shape index (κ3) is 4.64. The first-order chi connectivity index (χ1) is 26.3. The Hall–Kier alpha value is -6.96. The van der Waals surface area contributed by atoms with Crippen LogP contribution in [-0.4, -0.2) is 0 Å². The number of hydrogen-bond acceptors (Lipinski definition) is 1. The fourth-order valence-electron chi connectivity index (χ4n) is 8.65. The van der Waals surface area contributed by atoms with Gasteiger partial charge in [-0.15, -0.1) is 0 Å². The van der Waals surface area contributed by atoms with Crippen LogP contribution < -0.4 is 0 Å². The molecule has 0 saturated carbocycles. The van der Waals surface area contributed by atoms with Crippen molar-refractivity contribution in [1.29, 1.82) is 0 Å². The molecule has 0 saturated heterocycles. The van der Waals surface area contributed by atoms with E-state index in [1.807, 2.05) is 0 Å². The maximum absolute atomic E-state index is 6.65. The molecule has 1 heteroatoms. The van der Waals surface area contributed by atoms with Crippen LogP contribution in [0.15, 0.2) is 199 Å². The van der Waals surface area contributed by atoms with E-state index in [-0.39, 0.29) is 0 Å². The molecule has 0 fully saturated rings. The van der Waals surface area contributed by atoms with Crippen LogP contribution in [0.5, 0.6) is 0 Å². The Kier molecular flexibility index (Phi) is 6.62. The fraction of sp³-hybridized carbons (Fsp3) is 0. The van der Waals surface area contributed by atoms with Gasteiger partial charge in [0.15, 0.2) is 0 Å². The first-order valence-corrected chi connectivity index (χ1v) is 18.3. The van der Waals surface area contributed by atoms with Crippen LogP contribution in [0.2, 0.25) is 0 Å². The summed E-state index contributed by atoms with van der Waals surface area (Å²) in [5.41, 5.74) is 11.6. The second-order valence-corrected chi connectivity index (χ2v) is 14.0. The van der Waals surface area contributed by atoms with Crippen molar-refractivity contribution in [2.24, 2.45) is 0 Å². The van der Waals surface area contributed by atoms with E-state index in [1.165, 1.54) is 82.2 Å². The van der Waals surface area contributed by atoms with Gasteiger partial charge >= 0.3 is 0 Å². The Morgan fingerprint density at radius 3 is 1.51 bits per heavy atom. The van der Waals surface area contributed by atoms with Gasteiger partial charge in [0.25, 0.3) is 0 Å². The molecule has 0 radical (unpaired) electrons. The SMILES string of the molecule is c1ccc(-c2ccc3ccccc3c2)c(-c2ccc(-c3c4ccccc4c(-c4cccc5oc6c7ccccc7ccc6c45)c4ccccc34)cc2)c1. The second-order valence-electron chi connectivity index (χ2n) is 14.0. The van der Waals surface area contributed by atoms with Gasteiger partial charge in [0, 0.05) is 16.2 Å². The highest BCUT2D eigenvalue weighted by atomic mass is 16.3. The summed E-state index contributed by atoms with van der Waals surface area (Å²) in [5, 5.41) is 12.1. The van der Waals surface area contributed by atoms with Crippen molar-refractivity contribution in [2.75, 3.05) is 0 Å². The maximum atomic E-state index is 6.65. The van der Waals surface area contributed by atoms with Crippen LogP contribution in [0.4, 0.5) is 0 Å². The van der Waals surface area contributed by atoms with Crippen LogP contribution >= 0.6 is 0 Å². The molecule has 0 unspecified atom stereocenters. The number of fused-ring (bicyclic) bond motifs is 8. The van der Waals surface area contributed by atoms with Crippen LogP contribution in [0, 0.1) is 0 Å². The number of rotatable bonds is 4. The molecule has 11 aromatic rings. The highest BCUT2D eigenvalue weighted by Gasteiger charge is 2.21. The number of benzene rings is 10. The van der Waals surface area contributed by atoms with Crippen molar-refractivity contribution in [3.63, 3.8) is 0 Å². The normalized spacial score (nSPS) is 11.8. The van der Waals surface area contributed by atoms with E-state index in [0.717, 1.165) is 27.3 Å². The number of furan rings is 1. The van der Waals surface area contributed by atoms with Crippen molar-refractivity contribution in [2.45, 2.75) is 0 Å². The Morgan fingerprint density at radius 1 is 0.283 bits per heavy atom. The molecule has 10 aromatic carbocycles. The first kappa shape index (κ1) is 29.7. The average molecular weight is 673 g/mol. The minimum absolute atomic E-state index is 0.908. The molecule has 0 bridgehead atoms. The van der Waals surface area contributed by atoms with Gasteiger partial charge in [-0.3, -0.25) is 0 Å². The summed E-state index contributed by atoms with van der Waals surface area (Å²) < 4.78 is 6.65. The van der Waals surface area contributed by atoms with Gasteiger partial charge in [0.05, 0.1) is 0 Å². The van der Waals surface area contributed by atoms with Gasteiger partial charge in [-0.25, -0.2) is 0 Å². The molecule has 11 rings (SSSR count). The summed E-state index contributed by atoms with van der Waals surface area (Å²) in [5.74, 6) is 0. The monoisotopic (exact) mass is 672 g/mol. The summed E-state index contributed by atoms with van der Waals surface area (Å²) in [7, 11) is 0. The molecule has 0 N–H and O–H groups in total. The number of hydrogen-bond donors (Lipinski definition) is 0. The van der Waals surface area contributed by atoms with E-state index >= 15 is 0 Å². The summed E-state index contributed by atoms with van der Waals surface area (Å²) in [6.45, 7) is 0. The Bertz CT molecular complexity index is 3160. The molecule has 1 nitrogen and oxygen atoms in total. The lowest BCUT2D eigenvalue weighted by molar-refractivity contribution is 0.673. The van der Waals surface area contributed by atoms with Gasteiger partial charge in [0.1, 0.15) is 11.2 Å². The zero-order chi connectivity index (χ0) is 34.9. The lowest BCUT2D eigenvalue weighted by atomic mass is 9.84. The molecule has 246 valence electrons. The lowest BCUT2D eigenvalue weighted by Crippen LogP contribution is -1.91. The highest BCUT2D eigenvalue weighted by molar-refractivity contribution is 6.27. The predicted octanol–water partition coefficient (Wildman–Crippen LogP) is 14.9. The topological polar surface area (TPSA) is 13.1 Å². The Labute approximate surface area is 307 Å². The van der Waals surface area contributed by atoms with Crippen molar-refractivity contribution in [3.05, 3.63) is 194 Å². The van der Waals surface area contributed by atoms with Crippen LogP contribution in [0.3, 0.4) is 0 Å². The van der Waals surface area contributed by atoms with E-state index in [0.29, 0.717) is 0 Å². The van der Waals surface area contributed by atoms with Crippen molar-refractivity contribution < 1.29 is 4.42 Å². The van der Waals surface area contributed by atoms with Gasteiger partial charge in [-0.2, -0.15) is 0 Å². The third-order valence-electron chi connectivity index (χ3n) is 11.1. The van der Waals surface area contributed by atoms with Crippen molar-refractivity contribution in [3.8, 4) is 44.5 Å². The van der Waals surface area contributed by atoms with E-state index < -0.39 is 0 Å². The smallest absolute Gasteiger partial charge is 0.143 e. The maximum Gasteiger partial charge on any atom is 0.143 e. The van der Waals surface area contributed by atoms with Gasteiger partial charge in [-0.1, -0.05) is 176 Å². The third-order valence-corrected chi connectivity index (χ3v) is 11.1. The second kappa shape index (κ2) is 11.8. The van der Waals surface area contributed by atoms with Crippen LogP contribution in [0.1, 0.15) is 0 Å². The van der Waals surface area contributed by atoms with E-state index in [1.54, 1.807) is 0 Å². The fourth-order valence-corrected chi connectivity index (χ4v) is 8.65. The quantitative estimate of drug-likeness (QED) is 0.170. The van der Waals surface area contributed by atoms with Crippen LogP contribution in [-0.2, 0) is 0 Å². The molecular formula is C52H32O. The summed E-state index contributed by atoms with van der Waals surface area (Å²) in [6, 6.07) is 70.5. The Balaban J connectivity index is 1.10. The van der Waals surface area contributed by atoms with Gasteiger partial charge < -0.3 is 4.42 Å². The van der Waals surface area contributed by atoms with Crippen molar-refractivity contribution >= 4 is 65.0 Å². The molecule has 0 atom stereocenters. The average Bonchev–Trinajstić information content (AvgIpc) is 3.63. The summed E-state index contributed by atoms with van der Waals surface area (Å²) in [6.07, 6.45) is 0. The largest absolute Gasteiger partial charge is 0.455 e. The van der Waals surface area contributed by atoms with E-state index in [4.69, 9.17) is 4.42 Å². The Morgan fingerprint density at radius 2 is 0.792 bits per heavy atom. The molecule has 0 aliphatic carbocycles. The minimum atomic E-state index is 0.908. The predicted molar refractivity (Wildman–Crippen MR) is 225 cm³/mol. The molecule has 1 aromatic heterocycles. The molecule has 53 heavy (non-hydrogen) atoms. The van der Waals surface area contributed by atoms with Crippen molar-refractivity contribution in [1.82, 2.24) is 0 Å². The highest BCUT2D eigenvalue weighted by Crippen LogP contribution is 2.48. The van der Waals surface area contributed by atoms with E-state index in [2.05, 4.69) is 194 Å². The summed E-state index contributed by atoms with van der Waals surface area (Å²) >= 11 is 0. The molecule has 0 aliphatic heterocycles. The molecule has 1 heterocycles. The molecule has 0 spiro atoms. The van der Waals surface area contributed by atoms with Crippen LogP contribution in [0.25, 0.3) is 110 Å². The lowest BCUT2D eigenvalue weighted by Gasteiger charge is -2.18. The zero-order valence-corrected chi connectivity index (χ0v) is 28.9.